The summed E-state index contributed by atoms with van der Waals surface area (Å²) in [7, 11) is -4.22. The van der Waals surface area contributed by atoms with Crippen LogP contribution in [-0.4, -0.2) is 20.1 Å². The van der Waals surface area contributed by atoms with Gasteiger partial charge in [0.25, 0.3) is 0 Å². The van der Waals surface area contributed by atoms with Gasteiger partial charge in [0.15, 0.2) is 0 Å². The maximum atomic E-state index is 13.4. The zero-order valence-corrected chi connectivity index (χ0v) is 11.7. The summed E-state index contributed by atoms with van der Waals surface area (Å²) in [5, 5.41) is 11.5. The molecule has 1 aromatic heterocycles. The van der Waals surface area contributed by atoms with E-state index in [9.17, 15) is 22.3 Å². The van der Waals surface area contributed by atoms with Crippen LogP contribution in [0.2, 0.25) is 0 Å². The average Bonchev–Trinajstić information content (AvgIpc) is 2.93. The van der Waals surface area contributed by atoms with Crippen LogP contribution in [0.1, 0.15) is 11.0 Å². The molecule has 0 amide bonds. The highest BCUT2D eigenvalue weighted by molar-refractivity contribution is 7.89. The number of hydrogen-bond donors (Lipinski definition) is 2. The van der Waals surface area contributed by atoms with Gasteiger partial charge in [-0.15, -0.1) is 11.3 Å². The van der Waals surface area contributed by atoms with Gasteiger partial charge in [0.1, 0.15) is 22.6 Å². The number of hydrogen-bond acceptors (Lipinski definition) is 4. The topological polar surface area (TPSA) is 66.4 Å². The molecular formula is C12H11F2NO3S2. The molecule has 0 aliphatic rings. The van der Waals surface area contributed by atoms with Gasteiger partial charge in [-0.3, -0.25) is 0 Å². The van der Waals surface area contributed by atoms with Crippen molar-refractivity contribution < 1.29 is 22.3 Å². The summed E-state index contributed by atoms with van der Waals surface area (Å²) in [6, 6.07) is 5.51. The summed E-state index contributed by atoms with van der Waals surface area (Å²) in [6.07, 6.45) is -1.04. The van der Waals surface area contributed by atoms with Crippen molar-refractivity contribution in [2.45, 2.75) is 11.0 Å². The number of rotatable bonds is 5. The molecule has 2 aromatic rings. The van der Waals surface area contributed by atoms with Crippen molar-refractivity contribution in [2.75, 3.05) is 6.54 Å². The predicted molar refractivity (Wildman–Crippen MR) is 70.8 cm³/mol. The van der Waals surface area contributed by atoms with Crippen LogP contribution in [0.25, 0.3) is 0 Å². The molecule has 0 spiro atoms. The number of aliphatic hydroxyl groups excluding tert-OH is 1. The Balaban J connectivity index is 2.13. The average molecular weight is 319 g/mol. The van der Waals surface area contributed by atoms with Crippen LogP contribution >= 0.6 is 11.3 Å². The van der Waals surface area contributed by atoms with Crippen molar-refractivity contribution in [3.63, 3.8) is 0 Å². The summed E-state index contributed by atoms with van der Waals surface area (Å²) < 4.78 is 52.2. The van der Waals surface area contributed by atoms with Crippen LogP contribution in [0.3, 0.4) is 0 Å². The summed E-state index contributed by atoms with van der Waals surface area (Å²) in [4.78, 5) is -0.205. The highest BCUT2D eigenvalue weighted by Crippen LogP contribution is 2.20. The molecule has 0 saturated heterocycles. The molecule has 1 heterocycles. The van der Waals surface area contributed by atoms with Crippen LogP contribution in [-0.2, 0) is 10.0 Å². The Bertz CT molecular complexity index is 687. The van der Waals surface area contributed by atoms with Gasteiger partial charge in [-0.2, -0.15) is 0 Å². The molecule has 1 aromatic carbocycles. The Hall–Kier alpha value is -1.35. The fraction of sp³-hybridized carbons (Fsp3) is 0.167. The van der Waals surface area contributed by atoms with E-state index in [2.05, 4.69) is 4.72 Å². The third-order valence-electron chi connectivity index (χ3n) is 2.52. The van der Waals surface area contributed by atoms with Crippen molar-refractivity contribution in [1.82, 2.24) is 4.72 Å². The molecule has 2 N–H and O–H groups in total. The third-order valence-corrected chi connectivity index (χ3v) is 4.93. The lowest BCUT2D eigenvalue weighted by Gasteiger charge is -2.11. The third kappa shape index (κ3) is 3.40. The van der Waals surface area contributed by atoms with Crippen LogP contribution in [0.4, 0.5) is 8.78 Å². The molecule has 0 saturated carbocycles. The van der Waals surface area contributed by atoms with E-state index in [-0.39, 0.29) is 6.54 Å². The van der Waals surface area contributed by atoms with Gasteiger partial charge in [0, 0.05) is 11.4 Å². The van der Waals surface area contributed by atoms with Crippen molar-refractivity contribution >= 4 is 21.4 Å². The predicted octanol–water partition coefficient (Wildman–Crippen LogP) is 2.04. The maximum absolute atomic E-state index is 13.4. The number of aliphatic hydroxyl groups is 1. The smallest absolute Gasteiger partial charge is 0.243 e. The van der Waals surface area contributed by atoms with Crippen molar-refractivity contribution in [2.24, 2.45) is 0 Å². The van der Waals surface area contributed by atoms with E-state index >= 15 is 0 Å². The van der Waals surface area contributed by atoms with E-state index in [1.54, 1.807) is 17.5 Å². The Labute approximate surface area is 118 Å². The lowest BCUT2D eigenvalue weighted by Crippen LogP contribution is -2.29. The number of nitrogens with one attached hydrogen (secondary N) is 1. The molecule has 1 unspecified atom stereocenters. The molecular weight excluding hydrogens is 308 g/mol. The minimum absolute atomic E-state index is 0.321. The highest BCUT2D eigenvalue weighted by atomic mass is 32.2. The van der Waals surface area contributed by atoms with Gasteiger partial charge in [0.2, 0.25) is 10.0 Å². The van der Waals surface area contributed by atoms with Crippen LogP contribution in [0, 0.1) is 11.6 Å². The van der Waals surface area contributed by atoms with Gasteiger partial charge < -0.3 is 5.11 Å². The largest absolute Gasteiger partial charge is 0.386 e. The first kappa shape index (κ1) is 15.0. The molecule has 20 heavy (non-hydrogen) atoms. The van der Waals surface area contributed by atoms with E-state index < -0.39 is 32.7 Å². The zero-order chi connectivity index (χ0) is 14.8. The Kier molecular flexibility index (Phi) is 4.48. The fourth-order valence-corrected chi connectivity index (χ4v) is 3.37. The molecule has 0 aliphatic heterocycles. The molecule has 0 radical (unpaired) electrons. The van der Waals surface area contributed by atoms with E-state index in [0.717, 1.165) is 12.1 Å². The monoisotopic (exact) mass is 319 g/mol. The van der Waals surface area contributed by atoms with Gasteiger partial charge >= 0.3 is 0 Å². The van der Waals surface area contributed by atoms with Crippen molar-refractivity contribution in [1.29, 1.82) is 0 Å². The van der Waals surface area contributed by atoms with E-state index in [1.807, 2.05) is 0 Å². The minimum Gasteiger partial charge on any atom is -0.386 e. The number of halogens is 2. The summed E-state index contributed by atoms with van der Waals surface area (Å²) in [5.74, 6) is -1.91. The standard InChI is InChI=1S/C12H11F2NO3S2/c13-8-3-4-9(14)12(6-8)20(17,18)15-7-10(16)11-2-1-5-19-11/h1-6,10,15-16H,7H2. The second-order valence-corrected chi connectivity index (χ2v) is 6.67. The number of benzene rings is 1. The fourth-order valence-electron chi connectivity index (χ4n) is 1.53. The summed E-state index contributed by atoms with van der Waals surface area (Å²) >= 11 is 1.26. The van der Waals surface area contributed by atoms with Crippen LogP contribution in [0.5, 0.6) is 0 Å². The van der Waals surface area contributed by atoms with Crippen LogP contribution < -0.4 is 4.72 Å². The first-order valence-electron chi connectivity index (χ1n) is 5.56. The van der Waals surface area contributed by atoms with Crippen LogP contribution in [0.15, 0.2) is 40.6 Å². The van der Waals surface area contributed by atoms with Gasteiger partial charge in [-0.25, -0.2) is 21.9 Å². The summed E-state index contributed by atoms with van der Waals surface area (Å²) in [6.45, 7) is -0.321. The van der Waals surface area contributed by atoms with Gasteiger partial charge in [0.05, 0.1) is 0 Å². The molecule has 0 aliphatic carbocycles. The molecule has 1 atom stereocenters. The van der Waals surface area contributed by atoms with E-state index in [0.29, 0.717) is 10.9 Å². The molecule has 108 valence electrons. The Morgan fingerprint density at radius 2 is 2.05 bits per heavy atom. The highest BCUT2D eigenvalue weighted by Gasteiger charge is 2.21. The quantitative estimate of drug-likeness (QED) is 0.886. The zero-order valence-electron chi connectivity index (χ0n) is 10.1. The summed E-state index contributed by atoms with van der Waals surface area (Å²) in [5.41, 5.74) is 0. The van der Waals surface area contributed by atoms with Gasteiger partial charge in [-0.05, 0) is 29.6 Å². The van der Waals surface area contributed by atoms with Gasteiger partial charge in [-0.1, -0.05) is 6.07 Å². The van der Waals surface area contributed by atoms with Crippen molar-refractivity contribution in [3.05, 3.63) is 52.2 Å². The maximum Gasteiger partial charge on any atom is 0.243 e. The normalized spacial score (nSPS) is 13.3. The minimum atomic E-state index is -4.22. The molecule has 0 fully saturated rings. The Morgan fingerprint density at radius 3 is 2.70 bits per heavy atom. The van der Waals surface area contributed by atoms with Crippen molar-refractivity contribution in [3.8, 4) is 0 Å². The second kappa shape index (κ2) is 5.96. The Morgan fingerprint density at radius 1 is 1.30 bits per heavy atom. The molecule has 0 bridgehead atoms. The van der Waals surface area contributed by atoms with E-state index in [1.165, 1.54) is 11.3 Å². The SMILES string of the molecule is O=S(=O)(NCC(O)c1cccs1)c1cc(F)ccc1F. The lowest BCUT2D eigenvalue weighted by atomic mass is 10.3. The lowest BCUT2D eigenvalue weighted by molar-refractivity contribution is 0.185. The number of sulfonamides is 1. The first-order valence-corrected chi connectivity index (χ1v) is 7.92. The number of thiophene rings is 1. The van der Waals surface area contributed by atoms with E-state index in [4.69, 9.17) is 0 Å². The molecule has 4 nitrogen and oxygen atoms in total. The second-order valence-electron chi connectivity index (χ2n) is 3.96. The molecule has 8 heteroatoms. The first-order chi connectivity index (χ1) is 9.40. The molecule has 2 rings (SSSR count).